The van der Waals surface area contributed by atoms with Gasteiger partial charge in [-0.3, -0.25) is 17.5 Å². The Kier molecular flexibility index (Phi) is 5.41. The molecule has 0 atom stereocenters. The number of aryl methyl sites for hydroxylation is 2. The smallest absolute Gasteiger partial charge is 0.268 e. The highest BCUT2D eigenvalue weighted by atomic mass is 32.1. The Labute approximate surface area is 167 Å². The molecule has 0 unspecified atom stereocenters. The minimum atomic E-state index is -0.470. The van der Waals surface area contributed by atoms with Gasteiger partial charge in [0.2, 0.25) is 0 Å². The molecule has 0 saturated heterocycles. The maximum Gasteiger partial charge on any atom is 0.271 e. The van der Waals surface area contributed by atoms with Crippen LogP contribution in [0.25, 0.3) is 20.2 Å². The molecule has 0 amide bonds. The second-order valence-corrected chi connectivity index (χ2v) is 8.76. The summed E-state index contributed by atoms with van der Waals surface area (Å²) in [5, 5.41) is 0.340. The first-order chi connectivity index (χ1) is 13.6. The van der Waals surface area contributed by atoms with Gasteiger partial charge < -0.3 is 0 Å². The van der Waals surface area contributed by atoms with E-state index in [9.17, 15) is 18.4 Å². The number of hydrogen-bond acceptors (Lipinski definition) is 4. The van der Waals surface area contributed by atoms with Crippen LogP contribution in [0.5, 0.6) is 0 Å². The molecule has 146 valence electrons. The molecule has 0 aliphatic carbocycles. The van der Waals surface area contributed by atoms with Gasteiger partial charge in [-0.1, -0.05) is 48.0 Å². The standard InChI is InChI=1S/C20H18F2N2O2S2/c21-13-7-5-9-15-17(13)19(25)23(27-15)11-3-1-2-4-12-24-20(26)18-14(22)8-6-10-16(18)28-24/h5-10H,1-4,11-12H2. The molecule has 4 aromatic rings. The van der Waals surface area contributed by atoms with Crippen LogP contribution in [0, 0.1) is 11.6 Å². The van der Waals surface area contributed by atoms with E-state index >= 15 is 0 Å². The molecular weight excluding hydrogens is 402 g/mol. The van der Waals surface area contributed by atoms with Crippen molar-refractivity contribution in [3.63, 3.8) is 0 Å². The van der Waals surface area contributed by atoms with Crippen LogP contribution < -0.4 is 11.1 Å². The number of benzene rings is 2. The minimum absolute atomic E-state index is 0.170. The summed E-state index contributed by atoms with van der Waals surface area (Å²) in [6.07, 6.45) is 3.42. The predicted molar refractivity (Wildman–Crippen MR) is 111 cm³/mol. The lowest BCUT2D eigenvalue weighted by Gasteiger charge is -2.02. The van der Waals surface area contributed by atoms with Gasteiger partial charge in [0.25, 0.3) is 11.1 Å². The van der Waals surface area contributed by atoms with E-state index in [1.165, 1.54) is 35.2 Å². The van der Waals surface area contributed by atoms with Gasteiger partial charge >= 0.3 is 0 Å². The van der Waals surface area contributed by atoms with Crippen LogP contribution in [0.3, 0.4) is 0 Å². The zero-order valence-electron chi connectivity index (χ0n) is 15.0. The monoisotopic (exact) mass is 420 g/mol. The van der Waals surface area contributed by atoms with Gasteiger partial charge in [-0.2, -0.15) is 0 Å². The number of halogens is 2. The van der Waals surface area contributed by atoms with Crippen molar-refractivity contribution in [1.82, 2.24) is 7.91 Å². The fourth-order valence-electron chi connectivity index (χ4n) is 3.30. The van der Waals surface area contributed by atoms with Crippen LogP contribution in [0.2, 0.25) is 0 Å². The molecule has 0 N–H and O–H groups in total. The average molecular weight is 421 g/mol. The molecule has 0 radical (unpaired) electrons. The van der Waals surface area contributed by atoms with Gasteiger partial charge in [-0.05, 0) is 37.1 Å². The highest BCUT2D eigenvalue weighted by molar-refractivity contribution is 7.14. The molecule has 2 aromatic carbocycles. The van der Waals surface area contributed by atoms with Gasteiger partial charge in [0.15, 0.2) is 0 Å². The third-order valence-corrected chi connectivity index (χ3v) is 6.93. The zero-order chi connectivity index (χ0) is 19.7. The molecule has 0 aliphatic rings. The van der Waals surface area contributed by atoms with Crippen LogP contribution in [0.1, 0.15) is 25.7 Å². The van der Waals surface area contributed by atoms with Crippen molar-refractivity contribution in [2.75, 3.05) is 0 Å². The predicted octanol–water partition coefficient (Wildman–Crippen LogP) is 4.98. The third-order valence-electron chi connectivity index (χ3n) is 4.72. The lowest BCUT2D eigenvalue weighted by Crippen LogP contribution is -2.14. The van der Waals surface area contributed by atoms with E-state index < -0.39 is 11.6 Å². The Morgan fingerprint density at radius 1 is 0.679 bits per heavy atom. The Morgan fingerprint density at radius 2 is 1.11 bits per heavy atom. The molecule has 0 bridgehead atoms. The van der Waals surface area contributed by atoms with E-state index in [4.69, 9.17) is 0 Å². The topological polar surface area (TPSA) is 44.0 Å². The molecule has 2 heterocycles. The summed E-state index contributed by atoms with van der Waals surface area (Å²) in [5.41, 5.74) is -0.533. The SMILES string of the molecule is O=c1c2c(F)cccc2sn1CCCCCCn1sc2cccc(F)c2c1=O. The number of nitrogens with zero attached hydrogens (tertiary/aromatic N) is 2. The number of unbranched alkanes of at least 4 members (excludes halogenated alkanes) is 3. The number of hydrogen-bond donors (Lipinski definition) is 0. The molecule has 0 aliphatic heterocycles. The zero-order valence-corrected chi connectivity index (χ0v) is 16.6. The molecule has 0 saturated carbocycles. The summed E-state index contributed by atoms with van der Waals surface area (Å²) >= 11 is 2.58. The normalized spacial score (nSPS) is 11.6. The van der Waals surface area contributed by atoms with Crippen molar-refractivity contribution >= 4 is 43.2 Å². The van der Waals surface area contributed by atoms with Gasteiger partial charge in [0.1, 0.15) is 11.6 Å². The van der Waals surface area contributed by atoms with Gasteiger partial charge in [0.05, 0.1) is 20.2 Å². The molecule has 0 spiro atoms. The fraction of sp³-hybridized carbons (Fsp3) is 0.300. The number of rotatable bonds is 7. The first-order valence-corrected chi connectivity index (χ1v) is 10.7. The van der Waals surface area contributed by atoms with Gasteiger partial charge in [-0.15, -0.1) is 0 Å². The fourth-order valence-corrected chi connectivity index (χ4v) is 5.40. The Balaban J connectivity index is 1.30. The van der Waals surface area contributed by atoms with Crippen molar-refractivity contribution in [2.24, 2.45) is 0 Å². The summed E-state index contributed by atoms with van der Waals surface area (Å²) in [6, 6.07) is 9.35. The number of aromatic nitrogens is 2. The number of fused-ring (bicyclic) bond motifs is 2. The van der Waals surface area contributed by atoms with Crippen molar-refractivity contribution in [2.45, 2.75) is 38.8 Å². The molecular formula is C20H18F2N2O2S2. The van der Waals surface area contributed by atoms with E-state index in [-0.39, 0.29) is 21.9 Å². The van der Waals surface area contributed by atoms with E-state index in [1.807, 2.05) is 0 Å². The third kappa shape index (κ3) is 3.54. The first-order valence-electron chi connectivity index (χ1n) is 9.13. The van der Waals surface area contributed by atoms with Crippen molar-refractivity contribution in [1.29, 1.82) is 0 Å². The van der Waals surface area contributed by atoms with Crippen molar-refractivity contribution < 1.29 is 8.78 Å². The molecule has 0 fully saturated rings. The minimum Gasteiger partial charge on any atom is -0.268 e. The summed E-state index contributed by atoms with van der Waals surface area (Å²) in [7, 11) is 0. The molecule has 28 heavy (non-hydrogen) atoms. The van der Waals surface area contributed by atoms with E-state index in [0.717, 1.165) is 25.7 Å². The second-order valence-electron chi connectivity index (χ2n) is 6.64. The Morgan fingerprint density at radius 3 is 1.50 bits per heavy atom. The highest BCUT2D eigenvalue weighted by Gasteiger charge is 2.12. The average Bonchev–Trinajstić information content (AvgIpc) is 3.17. The maximum absolute atomic E-state index is 13.8. The van der Waals surface area contributed by atoms with Crippen LogP contribution >= 0.6 is 23.1 Å². The van der Waals surface area contributed by atoms with E-state index in [1.54, 1.807) is 32.2 Å². The summed E-state index contributed by atoms with van der Waals surface area (Å²) in [6.45, 7) is 1.12. The van der Waals surface area contributed by atoms with Crippen LogP contribution in [0.15, 0.2) is 46.0 Å². The quantitative estimate of drug-likeness (QED) is 0.396. The van der Waals surface area contributed by atoms with E-state index in [0.29, 0.717) is 22.5 Å². The summed E-state index contributed by atoms with van der Waals surface area (Å²) in [4.78, 5) is 24.5. The first kappa shape index (κ1) is 19.0. The Hall–Kier alpha value is -2.32. The molecule has 4 rings (SSSR count). The Bertz CT molecular complexity index is 1150. The van der Waals surface area contributed by atoms with Gasteiger partial charge in [0, 0.05) is 13.1 Å². The largest absolute Gasteiger partial charge is 0.271 e. The molecule has 2 aromatic heterocycles. The van der Waals surface area contributed by atoms with Crippen LogP contribution in [0.4, 0.5) is 8.78 Å². The highest BCUT2D eigenvalue weighted by Crippen LogP contribution is 2.21. The van der Waals surface area contributed by atoms with Gasteiger partial charge in [-0.25, -0.2) is 8.78 Å². The summed E-state index contributed by atoms with van der Waals surface area (Å²) in [5.74, 6) is -0.939. The van der Waals surface area contributed by atoms with Crippen LogP contribution in [-0.2, 0) is 13.1 Å². The second kappa shape index (κ2) is 7.97. The molecule has 4 nitrogen and oxygen atoms in total. The summed E-state index contributed by atoms with van der Waals surface area (Å²) < 4.78 is 32.1. The maximum atomic E-state index is 13.8. The lowest BCUT2D eigenvalue weighted by molar-refractivity contribution is 0.556. The van der Waals surface area contributed by atoms with Crippen LogP contribution in [-0.4, -0.2) is 7.91 Å². The van der Waals surface area contributed by atoms with Crippen molar-refractivity contribution in [3.05, 3.63) is 68.7 Å². The van der Waals surface area contributed by atoms with Crippen molar-refractivity contribution in [3.8, 4) is 0 Å². The van der Waals surface area contributed by atoms with E-state index in [2.05, 4.69) is 0 Å². The molecule has 8 heteroatoms. The lowest BCUT2D eigenvalue weighted by atomic mass is 10.2.